The minimum atomic E-state index is -0.0809. The number of carbonyl (C=O) groups excluding carboxylic acids is 1. The van der Waals surface area contributed by atoms with Crippen molar-refractivity contribution in [2.45, 2.75) is 17.2 Å². The van der Waals surface area contributed by atoms with Crippen LogP contribution in [0.3, 0.4) is 0 Å². The maximum atomic E-state index is 12.5. The van der Waals surface area contributed by atoms with Crippen LogP contribution in [0.2, 0.25) is 0 Å². The Labute approximate surface area is 137 Å². The number of anilines is 1. The van der Waals surface area contributed by atoms with E-state index < -0.39 is 0 Å². The van der Waals surface area contributed by atoms with Crippen LogP contribution in [-0.4, -0.2) is 19.2 Å². The number of hydrogen-bond acceptors (Lipinski definition) is 2. The molecule has 0 saturated carbocycles. The van der Waals surface area contributed by atoms with Crippen LogP contribution in [0.25, 0.3) is 0 Å². The molecule has 0 bridgehead atoms. The second-order valence-corrected chi connectivity index (χ2v) is 7.00. The molecule has 3 rings (SSSR count). The number of nitrogens with zero attached hydrogens (tertiary/aromatic N) is 1. The SMILES string of the molecule is CSc1ccc(C[C@@H]2C(=O)N(C)c3ccc(Br)cc32)cc1. The lowest BCUT2D eigenvalue weighted by Gasteiger charge is -2.11. The summed E-state index contributed by atoms with van der Waals surface area (Å²) >= 11 is 5.23. The van der Waals surface area contributed by atoms with Gasteiger partial charge in [-0.3, -0.25) is 4.79 Å². The van der Waals surface area contributed by atoms with Crippen LogP contribution in [0.15, 0.2) is 51.8 Å². The summed E-state index contributed by atoms with van der Waals surface area (Å²) in [6.45, 7) is 0. The van der Waals surface area contributed by atoms with Gasteiger partial charge in [0.15, 0.2) is 0 Å². The summed E-state index contributed by atoms with van der Waals surface area (Å²) in [4.78, 5) is 15.5. The fourth-order valence-corrected chi connectivity index (χ4v) is 3.58. The molecule has 2 aromatic carbocycles. The number of rotatable bonds is 3. The number of hydrogen-bond donors (Lipinski definition) is 0. The zero-order valence-corrected chi connectivity index (χ0v) is 14.4. The topological polar surface area (TPSA) is 20.3 Å². The van der Waals surface area contributed by atoms with E-state index in [-0.39, 0.29) is 11.8 Å². The Kier molecular flexibility index (Phi) is 4.09. The predicted molar refractivity (Wildman–Crippen MR) is 92.2 cm³/mol. The second-order valence-electron chi connectivity index (χ2n) is 5.21. The molecule has 0 saturated heterocycles. The number of carbonyl (C=O) groups is 1. The largest absolute Gasteiger partial charge is 0.315 e. The van der Waals surface area contributed by atoms with Gasteiger partial charge in [-0.1, -0.05) is 28.1 Å². The summed E-state index contributed by atoms with van der Waals surface area (Å²) in [5.74, 6) is 0.0969. The fraction of sp³-hybridized carbons (Fsp3) is 0.235. The van der Waals surface area contributed by atoms with Gasteiger partial charge in [-0.2, -0.15) is 0 Å². The summed E-state index contributed by atoms with van der Waals surface area (Å²) in [5.41, 5.74) is 3.34. The van der Waals surface area contributed by atoms with E-state index in [0.717, 1.165) is 22.1 Å². The van der Waals surface area contributed by atoms with Crippen LogP contribution in [0, 0.1) is 0 Å². The quantitative estimate of drug-likeness (QED) is 0.751. The third kappa shape index (κ3) is 2.74. The summed E-state index contributed by atoms with van der Waals surface area (Å²) in [5, 5.41) is 0. The molecular formula is C17H16BrNOS. The Morgan fingerprint density at radius 3 is 2.57 bits per heavy atom. The highest BCUT2D eigenvalue weighted by Crippen LogP contribution is 2.39. The molecule has 1 heterocycles. The van der Waals surface area contributed by atoms with E-state index in [1.807, 2.05) is 19.2 Å². The van der Waals surface area contributed by atoms with Crippen molar-refractivity contribution in [2.24, 2.45) is 0 Å². The van der Waals surface area contributed by atoms with E-state index in [0.29, 0.717) is 0 Å². The van der Waals surface area contributed by atoms with E-state index in [4.69, 9.17) is 0 Å². The van der Waals surface area contributed by atoms with Crippen LogP contribution in [-0.2, 0) is 11.2 Å². The maximum Gasteiger partial charge on any atom is 0.234 e. The molecule has 2 aromatic rings. The molecule has 1 amide bonds. The summed E-state index contributed by atoms with van der Waals surface area (Å²) in [6, 6.07) is 14.5. The highest BCUT2D eigenvalue weighted by Gasteiger charge is 2.35. The molecule has 4 heteroatoms. The summed E-state index contributed by atoms with van der Waals surface area (Å²) < 4.78 is 1.02. The molecule has 0 aromatic heterocycles. The second kappa shape index (κ2) is 5.85. The van der Waals surface area contributed by atoms with E-state index >= 15 is 0 Å². The van der Waals surface area contributed by atoms with E-state index in [9.17, 15) is 4.79 Å². The molecule has 0 N–H and O–H groups in total. The van der Waals surface area contributed by atoms with Crippen molar-refractivity contribution in [3.63, 3.8) is 0 Å². The smallest absolute Gasteiger partial charge is 0.234 e. The lowest BCUT2D eigenvalue weighted by molar-refractivity contribution is -0.119. The molecule has 0 spiro atoms. The predicted octanol–water partition coefficient (Wildman–Crippen LogP) is 4.47. The van der Waals surface area contributed by atoms with Gasteiger partial charge in [0, 0.05) is 22.1 Å². The Morgan fingerprint density at radius 1 is 1.19 bits per heavy atom. The van der Waals surface area contributed by atoms with Crippen LogP contribution in [0.4, 0.5) is 5.69 Å². The van der Waals surface area contributed by atoms with Gasteiger partial charge < -0.3 is 4.90 Å². The normalized spacial score (nSPS) is 17.2. The van der Waals surface area contributed by atoms with Crippen LogP contribution in [0.5, 0.6) is 0 Å². The molecule has 0 radical (unpaired) electrons. The molecular weight excluding hydrogens is 346 g/mol. The van der Waals surface area contributed by atoms with Crippen molar-refractivity contribution >= 4 is 39.3 Å². The Morgan fingerprint density at radius 2 is 1.90 bits per heavy atom. The highest BCUT2D eigenvalue weighted by atomic mass is 79.9. The molecule has 21 heavy (non-hydrogen) atoms. The van der Waals surface area contributed by atoms with Crippen LogP contribution < -0.4 is 4.90 Å². The van der Waals surface area contributed by atoms with E-state index in [1.54, 1.807) is 16.7 Å². The van der Waals surface area contributed by atoms with Gasteiger partial charge in [0.1, 0.15) is 0 Å². The lowest BCUT2D eigenvalue weighted by Crippen LogP contribution is -2.24. The molecule has 1 aliphatic rings. The standard InChI is InChI=1S/C17H16BrNOS/c1-19-16-8-5-12(18)10-14(16)15(17(19)20)9-11-3-6-13(21-2)7-4-11/h3-8,10,15H,9H2,1-2H3/t15-/m0/s1. The number of halogens is 1. The minimum Gasteiger partial charge on any atom is -0.315 e. The average molecular weight is 362 g/mol. The van der Waals surface area contributed by atoms with Crippen molar-refractivity contribution in [3.05, 3.63) is 58.1 Å². The highest BCUT2D eigenvalue weighted by molar-refractivity contribution is 9.10. The molecule has 1 aliphatic heterocycles. The molecule has 2 nitrogen and oxygen atoms in total. The number of benzene rings is 2. The molecule has 0 fully saturated rings. The zero-order valence-electron chi connectivity index (χ0n) is 12.0. The van der Waals surface area contributed by atoms with Gasteiger partial charge in [-0.05, 0) is 54.1 Å². The van der Waals surface area contributed by atoms with Crippen molar-refractivity contribution in [3.8, 4) is 0 Å². The van der Waals surface area contributed by atoms with Gasteiger partial charge in [0.25, 0.3) is 0 Å². The van der Waals surface area contributed by atoms with Crippen molar-refractivity contribution in [1.29, 1.82) is 0 Å². The Balaban J connectivity index is 1.91. The first-order valence-corrected chi connectivity index (χ1v) is 8.82. The third-order valence-corrected chi connectivity index (χ3v) is 5.19. The van der Waals surface area contributed by atoms with E-state index in [1.165, 1.54) is 10.5 Å². The monoisotopic (exact) mass is 361 g/mol. The van der Waals surface area contributed by atoms with Gasteiger partial charge in [-0.25, -0.2) is 0 Å². The maximum absolute atomic E-state index is 12.5. The van der Waals surface area contributed by atoms with Crippen LogP contribution >= 0.6 is 27.7 Å². The van der Waals surface area contributed by atoms with Crippen molar-refractivity contribution in [1.82, 2.24) is 0 Å². The van der Waals surface area contributed by atoms with Gasteiger partial charge in [-0.15, -0.1) is 11.8 Å². The fourth-order valence-electron chi connectivity index (χ4n) is 2.79. The van der Waals surface area contributed by atoms with Crippen LogP contribution in [0.1, 0.15) is 17.0 Å². The molecule has 0 unspecified atom stereocenters. The van der Waals surface area contributed by atoms with Crippen molar-refractivity contribution < 1.29 is 4.79 Å². The third-order valence-electron chi connectivity index (χ3n) is 3.95. The first-order valence-electron chi connectivity index (χ1n) is 6.80. The van der Waals surface area contributed by atoms with E-state index in [2.05, 4.69) is 52.5 Å². The summed E-state index contributed by atoms with van der Waals surface area (Å²) in [7, 11) is 1.85. The number of likely N-dealkylation sites (N-methyl/N-ethyl adjacent to an activating group) is 1. The van der Waals surface area contributed by atoms with Crippen molar-refractivity contribution in [2.75, 3.05) is 18.2 Å². The number of thioether (sulfide) groups is 1. The number of fused-ring (bicyclic) bond motifs is 1. The van der Waals surface area contributed by atoms with Gasteiger partial charge >= 0.3 is 0 Å². The first-order chi connectivity index (χ1) is 10.1. The first kappa shape index (κ1) is 14.7. The molecule has 108 valence electrons. The Hall–Kier alpha value is -1.26. The zero-order chi connectivity index (χ0) is 15.0. The average Bonchev–Trinajstić information content (AvgIpc) is 2.73. The number of amides is 1. The van der Waals surface area contributed by atoms with Gasteiger partial charge in [0.2, 0.25) is 5.91 Å². The van der Waals surface area contributed by atoms with Gasteiger partial charge in [0.05, 0.1) is 5.92 Å². The Bertz CT molecular complexity index is 684. The minimum absolute atomic E-state index is 0.0809. The molecule has 0 aliphatic carbocycles. The lowest BCUT2D eigenvalue weighted by atomic mass is 9.93. The summed E-state index contributed by atoms with van der Waals surface area (Å²) in [6.07, 6.45) is 2.82. The molecule has 1 atom stereocenters.